The second-order valence-electron chi connectivity index (χ2n) is 7.48. The molecule has 0 aliphatic heterocycles. The van der Waals surface area contributed by atoms with E-state index in [1.165, 1.54) is 0 Å². The summed E-state index contributed by atoms with van der Waals surface area (Å²) < 4.78 is 5.37. The van der Waals surface area contributed by atoms with Gasteiger partial charge in [0.1, 0.15) is 0 Å². The first-order chi connectivity index (χ1) is 8.11. The summed E-state index contributed by atoms with van der Waals surface area (Å²) in [6.45, 7) is 13.6. The zero-order valence-electron chi connectivity index (χ0n) is 12.6. The summed E-state index contributed by atoms with van der Waals surface area (Å²) in [7, 11) is 0. The summed E-state index contributed by atoms with van der Waals surface area (Å²) in [6, 6.07) is 0. The highest BCUT2D eigenvalue weighted by atomic mass is 16.5. The lowest BCUT2D eigenvalue weighted by atomic mass is 9.84. The maximum absolute atomic E-state index is 5.82. The van der Waals surface area contributed by atoms with E-state index in [4.69, 9.17) is 10.3 Å². The molecule has 104 valence electrons. The number of hydrogen-bond acceptors (Lipinski definition) is 4. The maximum Gasteiger partial charge on any atom is 0.231 e. The molecule has 0 aliphatic rings. The Morgan fingerprint density at radius 2 is 1.72 bits per heavy atom. The van der Waals surface area contributed by atoms with Gasteiger partial charge in [-0.1, -0.05) is 46.7 Å². The van der Waals surface area contributed by atoms with Gasteiger partial charge in [0.15, 0.2) is 5.82 Å². The lowest BCUT2D eigenvalue weighted by Gasteiger charge is -2.22. The van der Waals surface area contributed by atoms with Gasteiger partial charge in [0.05, 0.1) is 5.92 Å². The fourth-order valence-electron chi connectivity index (χ4n) is 1.99. The first kappa shape index (κ1) is 15.2. The third-order valence-electron chi connectivity index (χ3n) is 2.66. The van der Waals surface area contributed by atoms with Crippen molar-refractivity contribution >= 4 is 0 Å². The van der Waals surface area contributed by atoms with Crippen molar-refractivity contribution in [1.82, 2.24) is 10.1 Å². The molecule has 1 unspecified atom stereocenters. The molecule has 0 amide bonds. The number of nitrogens with zero attached hydrogens (tertiary/aromatic N) is 2. The first-order valence-corrected chi connectivity index (χ1v) is 6.63. The minimum atomic E-state index is 0.159. The van der Waals surface area contributed by atoms with Gasteiger partial charge in [0, 0.05) is 13.0 Å². The van der Waals surface area contributed by atoms with Crippen molar-refractivity contribution < 1.29 is 4.52 Å². The average molecular weight is 253 g/mol. The summed E-state index contributed by atoms with van der Waals surface area (Å²) >= 11 is 0. The first-order valence-electron chi connectivity index (χ1n) is 6.63. The lowest BCUT2D eigenvalue weighted by Crippen LogP contribution is -2.19. The van der Waals surface area contributed by atoms with E-state index in [0.29, 0.717) is 12.4 Å². The average Bonchev–Trinajstić information content (AvgIpc) is 2.58. The standard InChI is InChI=1S/C14H27N3O/c1-13(2,3)7-10(9-15)12-16-11(17-18-12)8-14(4,5)6/h10H,7-9,15H2,1-6H3. The van der Waals surface area contributed by atoms with Crippen LogP contribution in [0, 0.1) is 10.8 Å². The molecule has 1 rings (SSSR count). The van der Waals surface area contributed by atoms with E-state index in [1.807, 2.05) is 0 Å². The Morgan fingerprint density at radius 3 is 2.17 bits per heavy atom. The number of nitrogens with two attached hydrogens (primary N) is 1. The highest BCUT2D eigenvalue weighted by Crippen LogP contribution is 2.30. The molecule has 1 aromatic heterocycles. The van der Waals surface area contributed by atoms with Crippen LogP contribution in [-0.4, -0.2) is 16.7 Å². The summed E-state index contributed by atoms with van der Waals surface area (Å²) in [6.07, 6.45) is 1.78. The van der Waals surface area contributed by atoms with Crippen LogP contribution >= 0.6 is 0 Å². The molecular weight excluding hydrogens is 226 g/mol. The molecule has 2 N–H and O–H groups in total. The van der Waals surface area contributed by atoms with Crippen LogP contribution in [-0.2, 0) is 6.42 Å². The summed E-state index contributed by atoms with van der Waals surface area (Å²) in [5, 5.41) is 4.06. The maximum atomic E-state index is 5.82. The zero-order valence-corrected chi connectivity index (χ0v) is 12.6. The molecule has 0 aromatic carbocycles. The molecule has 1 aromatic rings. The third kappa shape index (κ3) is 5.17. The molecule has 0 radical (unpaired) electrons. The zero-order chi connectivity index (χ0) is 14.0. The Hall–Kier alpha value is -0.900. The third-order valence-corrected chi connectivity index (χ3v) is 2.66. The van der Waals surface area contributed by atoms with E-state index >= 15 is 0 Å². The van der Waals surface area contributed by atoms with Crippen LogP contribution in [0.15, 0.2) is 4.52 Å². The molecule has 0 spiro atoms. The minimum absolute atomic E-state index is 0.159. The highest BCUT2D eigenvalue weighted by molar-refractivity contribution is 4.97. The molecule has 0 aliphatic carbocycles. The van der Waals surface area contributed by atoms with Crippen molar-refractivity contribution in [2.75, 3.05) is 6.54 Å². The normalized spacial score (nSPS) is 14.8. The quantitative estimate of drug-likeness (QED) is 0.895. The van der Waals surface area contributed by atoms with Crippen LogP contribution in [0.25, 0.3) is 0 Å². The molecule has 1 heterocycles. The Labute approximate surface area is 110 Å². The van der Waals surface area contributed by atoms with E-state index in [0.717, 1.165) is 18.7 Å². The number of aromatic nitrogens is 2. The van der Waals surface area contributed by atoms with Gasteiger partial charge in [0.25, 0.3) is 0 Å². The van der Waals surface area contributed by atoms with Crippen LogP contribution in [0.2, 0.25) is 0 Å². The van der Waals surface area contributed by atoms with Crippen LogP contribution in [0.3, 0.4) is 0 Å². The van der Waals surface area contributed by atoms with Gasteiger partial charge in [-0.2, -0.15) is 4.98 Å². The van der Waals surface area contributed by atoms with Crippen LogP contribution in [0.1, 0.15) is 65.6 Å². The monoisotopic (exact) mass is 253 g/mol. The lowest BCUT2D eigenvalue weighted by molar-refractivity contribution is 0.285. The van der Waals surface area contributed by atoms with Crippen LogP contribution < -0.4 is 5.73 Å². The van der Waals surface area contributed by atoms with E-state index < -0.39 is 0 Å². The summed E-state index contributed by atoms with van der Waals surface area (Å²) in [5.74, 6) is 1.63. The van der Waals surface area contributed by atoms with E-state index in [9.17, 15) is 0 Å². The van der Waals surface area contributed by atoms with Crippen molar-refractivity contribution in [2.45, 2.75) is 60.3 Å². The van der Waals surface area contributed by atoms with Gasteiger partial charge < -0.3 is 10.3 Å². The van der Waals surface area contributed by atoms with Gasteiger partial charge in [0.2, 0.25) is 5.89 Å². The van der Waals surface area contributed by atoms with Crippen molar-refractivity contribution in [3.05, 3.63) is 11.7 Å². The highest BCUT2D eigenvalue weighted by Gasteiger charge is 2.25. The predicted octanol–water partition coefficient (Wildman–Crippen LogP) is 3.14. The molecule has 18 heavy (non-hydrogen) atoms. The van der Waals surface area contributed by atoms with Gasteiger partial charge in [-0.15, -0.1) is 0 Å². The molecule has 0 bridgehead atoms. The topological polar surface area (TPSA) is 64.9 Å². The van der Waals surface area contributed by atoms with Crippen LogP contribution in [0.4, 0.5) is 0 Å². The fraction of sp³-hybridized carbons (Fsp3) is 0.857. The Morgan fingerprint density at radius 1 is 1.11 bits per heavy atom. The van der Waals surface area contributed by atoms with Gasteiger partial charge in [-0.25, -0.2) is 0 Å². The second-order valence-corrected chi connectivity index (χ2v) is 7.48. The van der Waals surface area contributed by atoms with Crippen molar-refractivity contribution in [3.8, 4) is 0 Å². The van der Waals surface area contributed by atoms with Gasteiger partial charge >= 0.3 is 0 Å². The SMILES string of the molecule is CC(C)(C)Cc1noc(C(CN)CC(C)(C)C)n1. The van der Waals surface area contributed by atoms with Crippen molar-refractivity contribution in [3.63, 3.8) is 0 Å². The smallest absolute Gasteiger partial charge is 0.231 e. The molecule has 0 saturated heterocycles. The van der Waals surface area contributed by atoms with E-state index in [1.54, 1.807) is 0 Å². The van der Waals surface area contributed by atoms with Gasteiger partial charge in [-0.3, -0.25) is 0 Å². The van der Waals surface area contributed by atoms with Crippen LogP contribution in [0.5, 0.6) is 0 Å². The summed E-state index contributed by atoms with van der Waals surface area (Å²) in [4.78, 5) is 4.49. The van der Waals surface area contributed by atoms with Gasteiger partial charge in [-0.05, 0) is 17.3 Å². The Bertz CT molecular complexity index is 371. The molecule has 4 nitrogen and oxygen atoms in total. The Balaban J connectivity index is 2.77. The predicted molar refractivity (Wildman–Crippen MR) is 73.3 cm³/mol. The largest absolute Gasteiger partial charge is 0.339 e. The van der Waals surface area contributed by atoms with E-state index in [2.05, 4.69) is 51.7 Å². The molecule has 4 heteroatoms. The van der Waals surface area contributed by atoms with E-state index in [-0.39, 0.29) is 16.7 Å². The van der Waals surface area contributed by atoms with Crippen molar-refractivity contribution in [2.24, 2.45) is 16.6 Å². The molecule has 0 fully saturated rings. The number of rotatable bonds is 4. The molecular formula is C14H27N3O. The molecule has 0 saturated carbocycles. The minimum Gasteiger partial charge on any atom is -0.339 e. The Kier molecular flexibility index (Phi) is 4.54. The van der Waals surface area contributed by atoms with Crippen molar-refractivity contribution in [1.29, 1.82) is 0 Å². The second kappa shape index (κ2) is 5.39. The number of hydrogen-bond donors (Lipinski definition) is 1. The molecule has 1 atom stereocenters. The fourth-order valence-corrected chi connectivity index (χ4v) is 1.99. The summed E-state index contributed by atoms with van der Waals surface area (Å²) in [5.41, 5.74) is 6.20.